The molecule has 2 heterocycles. The molecule has 1 atom stereocenters. The van der Waals surface area contributed by atoms with Gasteiger partial charge in [0.15, 0.2) is 11.5 Å². The molecule has 2 aromatic rings. The number of nitrogens with two attached hydrogens (primary N) is 1. The molecule has 0 radical (unpaired) electrons. The average Bonchev–Trinajstić information content (AvgIpc) is 2.67. The van der Waals surface area contributed by atoms with Crippen molar-refractivity contribution in [2.75, 3.05) is 44.5 Å². The number of esters is 1. The Labute approximate surface area is 152 Å². The molecule has 0 saturated carbocycles. The number of ether oxygens (including phenoxy) is 3. The zero-order chi connectivity index (χ0) is 18.7. The number of nitrogen functional groups attached to an aromatic ring is 1. The fraction of sp³-hybridized carbons (Fsp3) is 0.500. The van der Waals surface area contributed by atoms with E-state index in [0.29, 0.717) is 47.3 Å². The minimum absolute atomic E-state index is 0.169. The molecule has 0 spiro atoms. The van der Waals surface area contributed by atoms with Crippen molar-refractivity contribution in [2.45, 2.75) is 19.8 Å². The van der Waals surface area contributed by atoms with Gasteiger partial charge in [0.2, 0.25) is 5.95 Å². The Balaban J connectivity index is 1.93. The third-order valence-electron chi connectivity index (χ3n) is 4.54. The number of fused-ring (bicyclic) bond motifs is 1. The van der Waals surface area contributed by atoms with E-state index in [1.807, 2.05) is 11.8 Å². The van der Waals surface area contributed by atoms with Gasteiger partial charge in [0.25, 0.3) is 0 Å². The second kappa shape index (κ2) is 7.63. The zero-order valence-corrected chi connectivity index (χ0v) is 15.3. The van der Waals surface area contributed by atoms with Gasteiger partial charge in [0.1, 0.15) is 5.82 Å². The summed E-state index contributed by atoms with van der Waals surface area (Å²) in [6.07, 6.45) is 1.68. The van der Waals surface area contributed by atoms with Crippen LogP contribution in [-0.4, -0.2) is 49.9 Å². The minimum atomic E-state index is -0.172. The molecule has 0 bridgehead atoms. The van der Waals surface area contributed by atoms with Gasteiger partial charge in [-0.1, -0.05) is 0 Å². The Bertz CT molecular complexity index is 811. The van der Waals surface area contributed by atoms with Gasteiger partial charge in [-0.05, 0) is 25.8 Å². The molecule has 1 fully saturated rings. The van der Waals surface area contributed by atoms with E-state index < -0.39 is 0 Å². The molecular formula is C18H24N4O4. The number of anilines is 2. The summed E-state index contributed by atoms with van der Waals surface area (Å²) in [4.78, 5) is 23.1. The fourth-order valence-electron chi connectivity index (χ4n) is 3.22. The Morgan fingerprint density at radius 3 is 2.69 bits per heavy atom. The highest BCUT2D eigenvalue weighted by atomic mass is 16.5. The standard InChI is InChI=1S/C18H24N4O4/c1-4-26-17(23)11-6-5-7-22(10-11)18-20-13-9-15(25-3)14(24-2)8-12(13)16(19)21-18/h8-9,11H,4-7,10H2,1-3H3,(H2,19,20,21). The molecule has 26 heavy (non-hydrogen) atoms. The van der Waals surface area contributed by atoms with Crippen molar-refractivity contribution in [1.29, 1.82) is 0 Å². The van der Waals surface area contributed by atoms with Gasteiger partial charge in [-0.15, -0.1) is 0 Å². The normalized spacial score (nSPS) is 17.2. The van der Waals surface area contributed by atoms with Gasteiger partial charge in [0, 0.05) is 24.5 Å². The molecule has 3 rings (SSSR count). The molecule has 2 N–H and O–H groups in total. The molecule has 8 heteroatoms. The van der Waals surface area contributed by atoms with Crippen molar-refractivity contribution in [1.82, 2.24) is 9.97 Å². The van der Waals surface area contributed by atoms with Gasteiger partial charge in [-0.2, -0.15) is 4.98 Å². The SMILES string of the molecule is CCOC(=O)C1CCCN(c2nc(N)c3cc(OC)c(OC)cc3n2)C1. The number of methoxy groups -OCH3 is 2. The smallest absolute Gasteiger partial charge is 0.310 e. The van der Waals surface area contributed by atoms with E-state index in [1.165, 1.54) is 0 Å². The summed E-state index contributed by atoms with van der Waals surface area (Å²) in [5.41, 5.74) is 6.83. The molecule has 1 aromatic carbocycles. The van der Waals surface area contributed by atoms with E-state index in [-0.39, 0.29) is 11.9 Å². The second-order valence-electron chi connectivity index (χ2n) is 6.17. The highest BCUT2D eigenvalue weighted by molar-refractivity contribution is 5.91. The Kier molecular flexibility index (Phi) is 5.29. The Morgan fingerprint density at radius 2 is 2.00 bits per heavy atom. The van der Waals surface area contributed by atoms with Gasteiger partial charge in [-0.25, -0.2) is 4.98 Å². The van der Waals surface area contributed by atoms with Crippen LogP contribution in [0.4, 0.5) is 11.8 Å². The van der Waals surface area contributed by atoms with Crippen LogP contribution in [0.25, 0.3) is 10.9 Å². The lowest BCUT2D eigenvalue weighted by Crippen LogP contribution is -2.40. The van der Waals surface area contributed by atoms with Gasteiger partial charge < -0.3 is 24.8 Å². The summed E-state index contributed by atoms with van der Waals surface area (Å²) >= 11 is 0. The molecular weight excluding hydrogens is 336 g/mol. The first-order valence-corrected chi connectivity index (χ1v) is 8.68. The topological polar surface area (TPSA) is 99.8 Å². The highest BCUT2D eigenvalue weighted by Gasteiger charge is 2.28. The third kappa shape index (κ3) is 3.44. The van der Waals surface area contributed by atoms with Crippen LogP contribution in [-0.2, 0) is 9.53 Å². The molecule has 0 aliphatic carbocycles. The number of piperidine rings is 1. The van der Waals surface area contributed by atoms with Crippen LogP contribution in [0.1, 0.15) is 19.8 Å². The summed E-state index contributed by atoms with van der Waals surface area (Å²) in [5.74, 6) is 1.68. The van der Waals surface area contributed by atoms with Crippen molar-refractivity contribution in [3.8, 4) is 11.5 Å². The summed E-state index contributed by atoms with van der Waals surface area (Å²) in [6.45, 7) is 3.49. The summed E-state index contributed by atoms with van der Waals surface area (Å²) in [6, 6.07) is 3.55. The van der Waals surface area contributed by atoms with E-state index in [2.05, 4.69) is 9.97 Å². The number of carbonyl (C=O) groups excluding carboxylic acids is 1. The highest BCUT2D eigenvalue weighted by Crippen LogP contribution is 2.34. The molecule has 1 saturated heterocycles. The van der Waals surface area contributed by atoms with Crippen molar-refractivity contribution in [3.63, 3.8) is 0 Å². The quantitative estimate of drug-likeness (QED) is 0.808. The zero-order valence-electron chi connectivity index (χ0n) is 15.3. The van der Waals surface area contributed by atoms with E-state index >= 15 is 0 Å². The fourth-order valence-corrected chi connectivity index (χ4v) is 3.22. The largest absolute Gasteiger partial charge is 0.493 e. The van der Waals surface area contributed by atoms with E-state index in [0.717, 1.165) is 19.4 Å². The maximum atomic E-state index is 12.1. The lowest BCUT2D eigenvalue weighted by molar-refractivity contribution is -0.148. The molecule has 0 amide bonds. The number of rotatable bonds is 5. The van der Waals surface area contributed by atoms with Gasteiger partial charge in [0.05, 0.1) is 32.3 Å². The summed E-state index contributed by atoms with van der Waals surface area (Å²) < 4.78 is 15.8. The van der Waals surface area contributed by atoms with Crippen LogP contribution in [0.2, 0.25) is 0 Å². The van der Waals surface area contributed by atoms with Crippen LogP contribution < -0.4 is 20.1 Å². The number of hydrogen-bond donors (Lipinski definition) is 1. The Hall–Kier alpha value is -2.77. The number of aromatic nitrogens is 2. The van der Waals surface area contributed by atoms with E-state index in [1.54, 1.807) is 26.4 Å². The number of nitrogens with zero attached hydrogens (tertiary/aromatic N) is 3. The number of carbonyl (C=O) groups is 1. The van der Waals surface area contributed by atoms with E-state index in [4.69, 9.17) is 19.9 Å². The molecule has 8 nitrogen and oxygen atoms in total. The second-order valence-corrected chi connectivity index (χ2v) is 6.17. The molecule has 1 aliphatic heterocycles. The lowest BCUT2D eigenvalue weighted by atomic mass is 9.98. The van der Waals surface area contributed by atoms with Crippen molar-refractivity contribution >= 4 is 28.6 Å². The number of hydrogen-bond acceptors (Lipinski definition) is 8. The van der Waals surface area contributed by atoms with Gasteiger partial charge >= 0.3 is 5.97 Å². The molecule has 140 valence electrons. The van der Waals surface area contributed by atoms with Crippen LogP contribution in [0.15, 0.2) is 12.1 Å². The van der Waals surface area contributed by atoms with Crippen molar-refractivity contribution in [2.24, 2.45) is 5.92 Å². The van der Waals surface area contributed by atoms with Crippen LogP contribution in [0.5, 0.6) is 11.5 Å². The lowest BCUT2D eigenvalue weighted by Gasteiger charge is -2.31. The van der Waals surface area contributed by atoms with Gasteiger partial charge in [-0.3, -0.25) is 4.79 Å². The van der Waals surface area contributed by atoms with Crippen LogP contribution in [0.3, 0.4) is 0 Å². The molecule has 1 unspecified atom stereocenters. The predicted molar refractivity (Wildman–Crippen MR) is 98.6 cm³/mol. The maximum Gasteiger partial charge on any atom is 0.310 e. The summed E-state index contributed by atoms with van der Waals surface area (Å²) in [5, 5.41) is 0.699. The third-order valence-corrected chi connectivity index (χ3v) is 4.54. The predicted octanol–water partition coefficient (Wildman–Crippen LogP) is 2.01. The Morgan fingerprint density at radius 1 is 1.27 bits per heavy atom. The van der Waals surface area contributed by atoms with Crippen LogP contribution in [0, 0.1) is 5.92 Å². The van der Waals surface area contributed by atoms with E-state index in [9.17, 15) is 4.79 Å². The van der Waals surface area contributed by atoms with Crippen molar-refractivity contribution < 1.29 is 19.0 Å². The van der Waals surface area contributed by atoms with Crippen LogP contribution >= 0.6 is 0 Å². The van der Waals surface area contributed by atoms with Crippen molar-refractivity contribution in [3.05, 3.63) is 12.1 Å². The average molecular weight is 360 g/mol. The first-order chi connectivity index (χ1) is 12.6. The first-order valence-electron chi connectivity index (χ1n) is 8.68. The molecule has 1 aromatic heterocycles. The maximum absolute atomic E-state index is 12.1. The minimum Gasteiger partial charge on any atom is -0.493 e. The first kappa shape index (κ1) is 18.0. The monoisotopic (exact) mass is 360 g/mol. The number of benzene rings is 1. The summed E-state index contributed by atoms with van der Waals surface area (Å²) in [7, 11) is 3.14. The molecule has 1 aliphatic rings.